The predicted molar refractivity (Wildman–Crippen MR) is 124 cm³/mol. The van der Waals surface area contributed by atoms with E-state index in [2.05, 4.69) is 26.8 Å². The number of carbonyl (C=O) groups excluding carboxylic acids is 1. The van der Waals surface area contributed by atoms with Crippen LogP contribution in [0.3, 0.4) is 0 Å². The number of aromatic nitrogens is 3. The van der Waals surface area contributed by atoms with Crippen molar-refractivity contribution in [3.8, 4) is 0 Å². The van der Waals surface area contributed by atoms with Crippen molar-refractivity contribution in [1.29, 1.82) is 0 Å². The van der Waals surface area contributed by atoms with E-state index in [9.17, 15) is 14.7 Å². The van der Waals surface area contributed by atoms with Crippen molar-refractivity contribution in [1.82, 2.24) is 19.4 Å². The van der Waals surface area contributed by atoms with Gasteiger partial charge in [-0.3, -0.25) is 14.2 Å². The number of hydrogen-bond donors (Lipinski definition) is 1. The second-order valence-corrected chi connectivity index (χ2v) is 9.93. The Morgan fingerprint density at radius 1 is 1.19 bits per heavy atom. The fourth-order valence-electron chi connectivity index (χ4n) is 5.26. The molecule has 0 bridgehead atoms. The third-order valence-electron chi connectivity index (χ3n) is 7.11. The van der Waals surface area contributed by atoms with E-state index in [1.54, 1.807) is 29.7 Å². The molecule has 1 amide bonds. The maximum absolute atomic E-state index is 13.4. The molecule has 2 fully saturated rings. The summed E-state index contributed by atoms with van der Waals surface area (Å²) in [5.74, 6) is 0.553. The highest BCUT2D eigenvalue weighted by Crippen LogP contribution is 2.40. The Morgan fingerprint density at radius 2 is 2.00 bits per heavy atom. The maximum atomic E-state index is 13.4. The molecule has 1 saturated heterocycles. The monoisotopic (exact) mass is 452 g/mol. The van der Waals surface area contributed by atoms with Gasteiger partial charge in [0, 0.05) is 25.2 Å². The number of likely N-dealkylation sites (tertiary alicyclic amines) is 1. The number of nitrogens with zero attached hydrogens (tertiary/aromatic N) is 4. The van der Waals surface area contributed by atoms with Crippen molar-refractivity contribution in [2.75, 3.05) is 13.1 Å². The van der Waals surface area contributed by atoms with Gasteiger partial charge in [0.25, 0.3) is 5.56 Å². The summed E-state index contributed by atoms with van der Waals surface area (Å²) >= 11 is 1.69. The molecule has 4 heterocycles. The first-order valence-electron chi connectivity index (χ1n) is 11.4. The van der Waals surface area contributed by atoms with Crippen molar-refractivity contribution in [2.24, 2.45) is 5.92 Å². The lowest BCUT2D eigenvalue weighted by molar-refractivity contribution is -0.142. The lowest BCUT2D eigenvalue weighted by atomic mass is 9.75. The summed E-state index contributed by atoms with van der Waals surface area (Å²) in [5, 5.41) is 15.5. The van der Waals surface area contributed by atoms with E-state index in [0.717, 1.165) is 19.3 Å². The Kier molecular flexibility index (Phi) is 5.82. The van der Waals surface area contributed by atoms with Crippen LogP contribution >= 0.6 is 11.3 Å². The molecule has 2 aliphatic rings. The molecule has 3 aromatic heterocycles. The largest absolute Gasteiger partial charge is 0.388 e. The van der Waals surface area contributed by atoms with E-state index >= 15 is 0 Å². The van der Waals surface area contributed by atoms with Crippen LogP contribution in [0.1, 0.15) is 50.0 Å². The van der Waals surface area contributed by atoms with Gasteiger partial charge in [-0.05, 0) is 66.1 Å². The highest BCUT2D eigenvalue weighted by Gasteiger charge is 2.39. The van der Waals surface area contributed by atoms with Crippen molar-refractivity contribution < 1.29 is 9.90 Å². The number of fused-ring (bicyclic) bond motifs is 1. The number of amides is 1. The summed E-state index contributed by atoms with van der Waals surface area (Å²) in [6.07, 6.45) is 8.22. The molecule has 1 N–H and O–H groups in total. The van der Waals surface area contributed by atoms with Gasteiger partial charge in [-0.1, -0.05) is 12.8 Å². The topological polar surface area (TPSA) is 88.3 Å². The summed E-state index contributed by atoms with van der Waals surface area (Å²) in [6.45, 7) is 1.18. The van der Waals surface area contributed by atoms with Crippen LogP contribution in [0.25, 0.3) is 11.0 Å². The minimum Gasteiger partial charge on any atom is -0.388 e. The number of aliphatic hydroxyl groups is 1. The lowest BCUT2D eigenvalue weighted by Crippen LogP contribution is -2.51. The zero-order valence-electron chi connectivity index (χ0n) is 18.0. The molecule has 1 aliphatic heterocycles. The van der Waals surface area contributed by atoms with E-state index in [1.165, 1.54) is 22.9 Å². The van der Waals surface area contributed by atoms with Crippen LogP contribution in [0, 0.1) is 5.92 Å². The van der Waals surface area contributed by atoms with E-state index in [-0.39, 0.29) is 23.9 Å². The van der Waals surface area contributed by atoms with Gasteiger partial charge in [-0.25, -0.2) is 9.97 Å². The van der Waals surface area contributed by atoms with Gasteiger partial charge in [0.1, 0.15) is 0 Å². The summed E-state index contributed by atoms with van der Waals surface area (Å²) < 4.78 is 1.44. The average Bonchev–Trinajstić information content (AvgIpc) is 3.36. The maximum Gasteiger partial charge on any atom is 0.279 e. The fraction of sp³-hybridized carbons (Fsp3) is 0.500. The second kappa shape index (κ2) is 8.75. The molecule has 1 aliphatic carbocycles. The Labute approximate surface area is 190 Å². The first-order chi connectivity index (χ1) is 15.5. The van der Waals surface area contributed by atoms with Gasteiger partial charge >= 0.3 is 0 Å². The quantitative estimate of drug-likeness (QED) is 0.657. The molecule has 1 saturated carbocycles. The molecule has 0 unspecified atom stereocenters. The highest BCUT2D eigenvalue weighted by atomic mass is 32.1. The Morgan fingerprint density at radius 3 is 2.78 bits per heavy atom. The molecule has 0 spiro atoms. The summed E-state index contributed by atoms with van der Waals surface area (Å²) in [5.41, 5.74) is 0.864. The molecule has 2 atom stereocenters. The van der Waals surface area contributed by atoms with Crippen molar-refractivity contribution >= 4 is 28.3 Å². The molecule has 7 nitrogen and oxygen atoms in total. The summed E-state index contributed by atoms with van der Waals surface area (Å²) in [6, 6.07) is 5.65. The number of rotatable bonds is 4. The molecule has 8 heteroatoms. The van der Waals surface area contributed by atoms with Crippen LogP contribution in [0.4, 0.5) is 0 Å². The average molecular weight is 453 g/mol. The molecule has 0 radical (unpaired) electrons. The predicted octanol–water partition coefficient (Wildman–Crippen LogP) is 3.18. The SMILES string of the molecule is O=C([C@@H]1CCCC[C@H]1c1ccsc1)N1CCC(O)(Cn2cnc3cccnc3c2=O)CC1. The summed E-state index contributed by atoms with van der Waals surface area (Å²) in [7, 11) is 0. The van der Waals surface area contributed by atoms with E-state index < -0.39 is 5.60 Å². The smallest absolute Gasteiger partial charge is 0.279 e. The lowest BCUT2D eigenvalue weighted by Gasteiger charge is -2.41. The normalized spacial score (nSPS) is 23.3. The molecule has 3 aromatic rings. The zero-order chi connectivity index (χ0) is 22.1. The van der Waals surface area contributed by atoms with Crippen molar-refractivity contribution in [3.63, 3.8) is 0 Å². The van der Waals surface area contributed by atoms with Gasteiger partial charge in [0.2, 0.25) is 5.91 Å². The number of thiophene rings is 1. The molecular weight excluding hydrogens is 424 g/mol. The fourth-order valence-corrected chi connectivity index (χ4v) is 5.99. The molecule has 168 valence electrons. The number of carbonyl (C=O) groups is 1. The minimum absolute atomic E-state index is 0.0305. The highest BCUT2D eigenvalue weighted by molar-refractivity contribution is 7.08. The Balaban J connectivity index is 1.27. The van der Waals surface area contributed by atoms with Crippen LogP contribution in [0.15, 0.2) is 46.3 Å². The molecule has 32 heavy (non-hydrogen) atoms. The van der Waals surface area contributed by atoms with Crippen LogP contribution in [0.5, 0.6) is 0 Å². The summed E-state index contributed by atoms with van der Waals surface area (Å²) in [4.78, 5) is 36.5. The second-order valence-electron chi connectivity index (χ2n) is 9.15. The first kappa shape index (κ1) is 21.3. The van der Waals surface area contributed by atoms with Crippen LogP contribution in [0.2, 0.25) is 0 Å². The number of piperidine rings is 1. The van der Waals surface area contributed by atoms with E-state index in [1.807, 2.05) is 4.90 Å². The van der Waals surface area contributed by atoms with Gasteiger partial charge in [-0.2, -0.15) is 11.3 Å². The van der Waals surface area contributed by atoms with Crippen molar-refractivity contribution in [2.45, 2.75) is 56.6 Å². The van der Waals surface area contributed by atoms with E-state index in [0.29, 0.717) is 42.9 Å². The third-order valence-corrected chi connectivity index (χ3v) is 7.81. The van der Waals surface area contributed by atoms with Crippen LogP contribution < -0.4 is 5.56 Å². The minimum atomic E-state index is -1.04. The molecule has 0 aromatic carbocycles. The third kappa shape index (κ3) is 4.09. The zero-order valence-corrected chi connectivity index (χ0v) is 18.8. The van der Waals surface area contributed by atoms with Crippen LogP contribution in [-0.4, -0.2) is 49.1 Å². The van der Waals surface area contributed by atoms with Gasteiger partial charge in [0.15, 0.2) is 5.52 Å². The van der Waals surface area contributed by atoms with Crippen molar-refractivity contribution in [3.05, 3.63) is 57.4 Å². The number of pyridine rings is 1. The number of hydrogen-bond acceptors (Lipinski definition) is 6. The van der Waals surface area contributed by atoms with Gasteiger partial charge < -0.3 is 10.0 Å². The molecule has 5 rings (SSSR count). The Hall–Kier alpha value is -2.58. The Bertz CT molecular complexity index is 1150. The van der Waals surface area contributed by atoms with Gasteiger partial charge in [0.05, 0.1) is 24.0 Å². The van der Waals surface area contributed by atoms with Gasteiger partial charge in [-0.15, -0.1) is 0 Å². The standard InChI is InChI=1S/C24H28N4O3S/c29-22(19-5-2-1-4-18(19)17-7-13-32-14-17)27-11-8-24(31,9-12-27)15-28-16-26-20-6-3-10-25-21(20)23(28)30/h3,6-7,10,13-14,16,18-19,31H,1-2,4-5,8-9,11-12,15H2/t18-,19+/m0/s1. The van der Waals surface area contributed by atoms with E-state index in [4.69, 9.17) is 0 Å². The van der Waals surface area contributed by atoms with Crippen LogP contribution in [-0.2, 0) is 11.3 Å². The first-order valence-corrected chi connectivity index (χ1v) is 12.3. The molecular formula is C24H28N4O3S.